The summed E-state index contributed by atoms with van der Waals surface area (Å²) in [6, 6.07) is 12.6. The number of piperazine rings is 1. The zero-order chi connectivity index (χ0) is 41.0. The first kappa shape index (κ1) is 38.7. The molecule has 0 bridgehead atoms. The maximum absolute atomic E-state index is 13.4. The number of imide groups is 2. The van der Waals surface area contributed by atoms with Crippen molar-refractivity contribution in [2.75, 3.05) is 81.9 Å². The first-order valence-electron chi connectivity index (χ1n) is 21.6. The molecular weight excluding hydrogens is 765 g/mol. The summed E-state index contributed by atoms with van der Waals surface area (Å²) in [5.74, 6) is 0.476. The van der Waals surface area contributed by atoms with Crippen molar-refractivity contribution in [3.05, 3.63) is 59.9 Å². The molecule has 1 unspecified atom stereocenters. The van der Waals surface area contributed by atoms with Crippen molar-refractivity contribution < 1.29 is 28.7 Å². The lowest BCUT2D eigenvalue weighted by atomic mass is 9.92. The first-order chi connectivity index (χ1) is 29.2. The second-order valence-corrected chi connectivity index (χ2v) is 17.6. The van der Waals surface area contributed by atoms with E-state index in [1.54, 1.807) is 18.5 Å². The molecule has 10 rings (SSSR count). The summed E-state index contributed by atoms with van der Waals surface area (Å²) < 4.78 is 12.5. The average molecular weight is 817 g/mol. The maximum atomic E-state index is 13.4. The minimum absolute atomic E-state index is 0.0517. The van der Waals surface area contributed by atoms with E-state index in [0.717, 1.165) is 149 Å². The van der Waals surface area contributed by atoms with Crippen LogP contribution in [-0.2, 0) is 14.3 Å². The molecule has 2 aromatic carbocycles. The van der Waals surface area contributed by atoms with Gasteiger partial charge >= 0.3 is 0 Å². The van der Waals surface area contributed by atoms with E-state index in [1.807, 2.05) is 24.3 Å². The van der Waals surface area contributed by atoms with Gasteiger partial charge in [-0.05, 0) is 94.3 Å². The Kier molecular flexibility index (Phi) is 10.2. The summed E-state index contributed by atoms with van der Waals surface area (Å²) in [7, 11) is 0. The van der Waals surface area contributed by atoms with Gasteiger partial charge in [0.25, 0.3) is 11.8 Å². The van der Waals surface area contributed by atoms with Crippen molar-refractivity contribution in [1.29, 1.82) is 0 Å². The normalized spacial score (nSPS) is 24.0. The Labute approximate surface area is 348 Å². The van der Waals surface area contributed by atoms with E-state index in [-0.39, 0.29) is 30.5 Å². The molecule has 2 atom stereocenters. The predicted octanol–water partition coefficient (Wildman–Crippen LogP) is 3.48. The molecule has 4 aromatic rings. The molecule has 2 N–H and O–H groups in total. The molecule has 7 heterocycles. The smallest absolute Gasteiger partial charge is 0.262 e. The van der Waals surface area contributed by atoms with E-state index in [9.17, 15) is 19.2 Å². The molecule has 0 spiro atoms. The van der Waals surface area contributed by atoms with Crippen LogP contribution in [0.25, 0.3) is 22.3 Å². The highest BCUT2D eigenvalue weighted by molar-refractivity contribution is 6.23. The van der Waals surface area contributed by atoms with Crippen LogP contribution >= 0.6 is 0 Å². The Morgan fingerprint density at radius 2 is 1.67 bits per heavy atom. The number of aromatic amines is 1. The van der Waals surface area contributed by atoms with Gasteiger partial charge in [0, 0.05) is 82.5 Å². The number of carbonyl (C=O) groups is 4. The molecule has 4 amide bonds. The van der Waals surface area contributed by atoms with Gasteiger partial charge < -0.3 is 19.3 Å². The minimum Gasteiger partial charge on any atom is -0.488 e. The number of aromatic nitrogens is 4. The lowest BCUT2D eigenvalue weighted by Gasteiger charge is -2.40. The van der Waals surface area contributed by atoms with E-state index in [2.05, 4.69) is 58.1 Å². The molecule has 16 heteroatoms. The predicted molar refractivity (Wildman–Crippen MR) is 223 cm³/mol. The van der Waals surface area contributed by atoms with Gasteiger partial charge in [0.2, 0.25) is 11.8 Å². The Balaban J connectivity index is 0.674. The highest BCUT2D eigenvalue weighted by Crippen LogP contribution is 2.41. The summed E-state index contributed by atoms with van der Waals surface area (Å²) in [6.45, 7) is 12.2. The van der Waals surface area contributed by atoms with Crippen LogP contribution in [0.5, 0.6) is 5.75 Å². The molecule has 60 heavy (non-hydrogen) atoms. The van der Waals surface area contributed by atoms with Gasteiger partial charge in [0.15, 0.2) is 0 Å². The SMILES string of the molecule is CC1(Oc2ccc3[nH]nc(-c4cc(N5CCN(C[C@@H]6CN(CCC7CCN(c8ccc9c(c8)C(=O)N(C8CCC(=O)NC8=O)C9=O)CC7)CCO6)CC5)ncn4)c3c2)CC1. The van der Waals surface area contributed by atoms with E-state index in [0.29, 0.717) is 17.0 Å². The van der Waals surface area contributed by atoms with Gasteiger partial charge in [-0.25, -0.2) is 9.97 Å². The van der Waals surface area contributed by atoms with Crippen LogP contribution in [0.3, 0.4) is 0 Å². The van der Waals surface area contributed by atoms with E-state index >= 15 is 0 Å². The van der Waals surface area contributed by atoms with Gasteiger partial charge in [-0.15, -0.1) is 0 Å². The van der Waals surface area contributed by atoms with Crippen molar-refractivity contribution in [1.82, 2.24) is 40.2 Å². The Morgan fingerprint density at radius 3 is 2.47 bits per heavy atom. The third-order valence-electron chi connectivity index (χ3n) is 13.4. The highest BCUT2D eigenvalue weighted by Gasteiger charge is 2.45. The zero-order valence-electron chi connectivity index (χ0n) is 34.1. The number of anilines is 2. The van der Waals surface area contributed by atoms with Crippen molar-refractivity contribution >= 4 is 46.0 Å². The van der Waals surface area contributed by atoms with Gasteiger partial charge in [-0.1, -0.05) is 0 Å². The van der Waals surface area contributed by atoms with Gasteiger partial charge in [0.1, 0.15) is 35.2 Å². The standard InChI is InChI=1S/C44H52N10O6/c1-44(11-12-44)60-30-3-5-35-34(23-30)40(49-48-35)36-24-38(46-27-45-36)53-18-16-51(17-19-53)26-31-25-50(20-21-59-31)13-8-28-9-14-52(15-10-28)29-2-4-32-33(22-29)43(58)54(42(32)57)37-6-7-39(55)47-41(37)56/h2-5,22-24,27-28,31,37H,6-21,25-26H2,1H3,(H,48,49)(H,47,55,56)/t31-,37?/m0/s1. The van der Waals surface area contributed by atoms with Crippen LogP contribution < -0.4 is 19.9 Å². The number of piperidine rings is 2. The molecule has 4 saturated heterocycles. The molecule has 16 nitrogen and oxygen atoms in total. The van der Waals surface area contributed by atoms with Gasteiger partial charge in [0.05, 0.1) is 35.0 Å². The topological polar surface area (TPSA) is 169 Å². The van der Waals surface area contributed by atoms with Crippen molar-refractivity contribution in [3.63, 3.8) is 0 Å². The lowest BCUT2D eigenvalue weighted by Crippen LogP contribution is -2.54. The number of hydrogen-bond donors (Lipinski definition) is 2. The summed E-state index contributed by atoms with van der Waals surface area (Å²) in [5.41, 5.74) is 4.06. The van der Waals surface area contributed by atoms with E-state index < -0.39 is 23.8 Å². The molecule has 1 saturated carbocycles. The first-order valence-corrected chi connectivity index (χ1v) is 21.6. The highest BCUT2D eigenvalue weighted by atomic mass is 16.5. The summed E-state index contributed by atoms with van der Waals surface area (Å²) >= 11 is 0. The third kappa shape index (κ3) is 7.83. The largest absolute Gasteiger partial charge is 0.488 e. The van der Waals surface area contributed by atoms with Crippen LogP contribution in [0, 0.1) is 5.92 Å². The minimum atomic E-state index is -0.959. The van der Waals surface area contributed by atoms with Crippen LogP contribution in [0.2, 0.25) is 0 Å². The number of ether oxygens (including phenoxy) is 2. The number of rotatable bonds is 11. The van der Waals surface area contributed by atoms with Crippen LogP contribution in [-0.4, -0.2) is 148 Å². The Hall–Kier alpha value is -5.45. The fourth-order valence-electron chi connectivity index (χ4n) is 9.51. The molecule has 5 aliphatic heterocycles. The van der Waals surface area contributed by atoms with Crippen LogP contribution in [0.4, 0.5) is 11.5 Å². The van der Waals surface area contributed by atoms with E-state index in [4.69, 9.17) is 9.47 Å². The van der Waals surface area contributed by atoms with Crippen LogP contribution in [0.1, 0.15) is 72.6 Å². The molecule has 6 aliphatic rings. The monoisotopic (exact) mass is 816 g/mol. The van der Waals surface area contributed by atoms with Crippen molar-refractivity contribution in [3.8, 4) is 17.1 Å². The van der Waals surface area contributed by atoms with Crippen molar-refractivity contribution in [2.24, 2.45) is 5.92 Å². The van der Waals surface area contributed by atoms with Crippen molar-refractivity contribution in [2.45, 2.75) is 69.6 Å². The number of morpholine rings is 1. The second-order valence-electron chi connectivity index (χ2n) is 17.6. The number of fused-ring (bicyclic) bond motifs is 2. The number of H-pyrrole nitrogens is 1. The van der Waals surface area contributed by atoms with Gasteiger partial charge in [-0.2, -0.15) is 5.10 Å². The Morgan fingerprint density at radius 1 is 0.850 bits per heavy atom. The molecular formula is C44H52N10O6. The fraction of sp³-hybridized carbons (Fsp3) is 0.523. The molecule has 5 fully saturated rings. The number of nitrogens with zero attached hydrogens (tertiary/aromatic N) is 8. The van der Waals surface area contributed by atoms with Gasteiger partial charge in [-0.3, -0.25) is 44.3 Å². The molecule has 2 aromatic heterocycles. The number of amides is 4. The number of nitrogens with one attached hydrogen (secondary N) is 2. The summed E-state index contributed by atoms with van der Waals surface area (Å²) in [4.78, 5) is 70.6. The van der Waals surface area contributed by atoms with Crippen LogP contribution in [0.15, 0.2) is 48.8 Å². The number of benzene rings is 2. The summed E-state index contributed by atoms with van der Waals surface area (Å²) in [5, 5.41) is 11.0. The molecule has 314 valence electrons. The quantitative estimate of drug-likeness (QED) is 0.211. The molecule has 1 aliphatic carbocycles. The summed E-state index contributed by atoms with van der Waals surface area (Å²) in [6.07, 6.45) is 7.50. The fourth-order valence-corrected chi connectivity index (χ4v) is 9.51. The lowest BCUT2D eigenvalue weighted by molar-refractivity contribution is -0.136. The molecule has 0 radical (unpaired) electrons. The number of carbonyl (C=O) groups excluding carboxylic acids is 4. The Bertz CT molecular complexity index is 2310. The number of hydrogen-bond acceptors (Lipinski definition) is 13. The van der Waals surface area contributed by atoms with E-state index in [1.165, 1.54) is 0 Å². The average Bonchev–Trinajstić information content (AvgIpc) is 3.75. The maximum Gasteiger partial charge on any atom is 0.262 e. The zero-order valence-corrected chi connectivity index (χ0v) is 34.1. The second kappa shape index (κ2) is 15.9. The third-order valence-corrected chi connectivity index (χ3v) is 13.4.